The second-order valence-corrected chi connectivity index (χ2v) is 6.64. The fourth-order valence-electron chi connectivity index (χ4n) is 2.95. The number of ether oxygens (including phenoxy) is 1. The van der Waals surface area contributed by atoms with Gasteiger partial charge in [0.05, 0.1) is 0 Å². The van der Waals surface area contributed by atoms with Crippen LogP contribution in [0.3, 0.4) is 0 Å². The Morgan fingerprint density at radius 2 is 1.69 bits per heavy atom. The third-order valence-corrected chi connectivity index (χ3v) is 4.56. The number of hydrogen-bond acceptors (Lipinski definition) is 5. The molecule has 1 atom stereocenters. The standard InChI is InChI=1S/C22H20N2O5/c1-13-18-6-4-5-7-19(18)22(28)24(13)12-20(26)29-15(3)21(27)23-17-10-8-16(9-11-17)14(2)25/h4-11,15H,1,12H2,2-3H3,(H,23,27). The van der Waals surface area contributed by atoms with E-state index in [0.717, 1.165) is 0 Å². The number of esters is 1. The van der Waals surface area contributed by atoms with Crippen molar-refractivity contribution >= 4 is 35.0 Å². The highest BCUT2D eigenvalue weighted by Gasteiger charge is 2.33. The molecule has 1 aliphatic heterocycles. The molecule has 0 bridgehead atoms. The van der Waals surface area contributed by atoms with E-state index in [4.69, 9.17) is 4.74 Å². The fraction of sp³-hybridized carbons (Fsp3) is 0.182. The van der Waals surface area contributed by atoms with Gasteiger partial charge in [-0.15, -0.1) is 0 Å². The lowest BCUT2D eigenvalue weighted by Crippen LogP contribution is -2.35. The Balaban J connectivity index is 1.56. The van der Waals surface area contributed by atoms with Gasteiger partial charge in [0.15, 0.2) is 11.9 Å². The molecule has 1 N–H and O–H groups in total. The van der Waals surface area contributed by atoms with E-state index in [9.17, 15) is 19.2 Å². The van der Waals surface area contributed by atoms with Crippen LogP contribution in [0.2, 0.25) is 0 Å². The molecule has 29 heavy (non-hydrogen) atoms. The second kappa shape index (κ2) is 8.10. The molecule has 3 rings (SSSR count). The number of benzene rings is 2. The van der Waals surface area contributed by atoms with Gasteiger partial charge in [0, 0.05) is 28.1 Å². The van der Waals surface area contributed by atoms with E-state index in [1.807, 2.05) is 0 Å². The van der Waals surface area contributed by atoms with Gasteiger partial charge in [-0.3, -0.25) is 24.1 Å². The molecule has 0 saturated heterocycles. The summed E-state index contributed by atoms with van der Waals surface area (Å²) in [5.74, 6) is -1.65. The van der Waals surface area contributed by atoms with E-state index < -0.39 is 18.0 Å². The van der Waals surface area contributed by atoms with E-state index in [1.54, 1.807) is 48.5 Å². The van der Waals surface area contributed by atoms with E-state index in [0.29, 0.717) is 28.1 Å². The molecule has 0 radical (unpaired) electrons. The number of ketones is 1. The summed E-state index contributed by atoms with van der Waals surface area (Å²) >= 11 is 0. The van der Waals surface area contributed by atoms with Crippen LogP contribution in [0, 0.1) is 0 Å². The first-order valence-corrected chi connectivity index (χ1v) is 8.99. The fourth-order valence-corrected chi connectivity index (χ4v) is 2.95. The van der Waals surface area contributed by atoms with Gasteiger partial charge in [-0.1, -0.05) is 24.8 Å². The second-order valence-electron chi connectivity index (χ2n) is 6.64. The summed E-state index contributed by atoms with van der Waals surface area (Å²) in [5, 5.41) is 2.61. The van der Waals surface area contributed by atoms with Gasteiger partial charge < -0.3 is 10.1 Å². The molecule has 7 heteroatoms. The first-order chi connectivity index (χ1) is 13.8. The van der Waals surface area contributed by atoms with Crippen LogP contribution in [0.1, 0.15) is 40.1 Å². The lowest BCUT2D eigenvalue weighted by Gasteiger charge is -2.18. The van der Waals surface area contributed by atoms with Gasteiger partial charge in [-0.2, -0.15) is 0 Å². The number of rotatable bonds is 6. The lowest BCUT2D eigenvalue weighted by molar-refractivity contribution is -0.153. The first-order valence-electron chi connectivity index (χ1n) is 8.99. The lowest BCUT2D eigenvalue weighted by atomic mass is 10.1. The van der Waals surface area contributed by atoms with Gasteiger partial charge in [-0.05, 0) is 44.2 Å². The highest BCUT2D eigenvalue weighted by molar-refractivity contribution is 6.10. The van der Waals surface area contributed by atoms with Crippen molar-refractivity contribution in [1.82, 2.24) is 4.90 Å². The Hall–Kier alpha value is -3.74. The molecular formula is C22H20N2O5. The zero-order valence-corrected chi connectivity index (χ0v) is 16.1. The van der Waals surface area contributed by atoms with Gasteiger partial charge in [0.1, 0.15) is 6.54 Å². The molecule has 148 valence electrons. The number of carbonyl (C=O) groups is 4. The number of Topliss-reactive ketones (excluding diaryl/α,β-unsaturated/α-hetero) is 1. The Labute approximate surface area is 168 Å². The van der Waals surface area contributed by atoms with Gasteiger partial charge >= 0.3 is 5.97 Å². The summed E-state index contributed by atoms with van der Waals surface area (Å²) in [4.78, 5) is 49.5. The Morgan fingerprint density at radius 1 is 1.07 bits per heavy atom. The average molecular weight is 392 g/mol. The molecule has 1 unspecified atom stereocenters. The molecule has 0 aliphatic carbocycles. The molecule has 0 aromatic heterocycles. The summed E-state index contributed by atoms with van der Waals surface area (Å²) in [5.41, 5.74) is 2.57. The number of hydrogen-bond donors (Lipinski definition) is 1. The van der Waals surface area contributed by atoms with E-state index >= 15 is 0 Å². The Bertz CT molecular complexity index is 975. The van der Waals surface area contributed by atoms with E-state index in [2.05, 4.69) is 11.9 Å². The minimum Gasteiger partial charge on any atom is -0.451 e. The maximum absolute atomic E-state index is 12.4. The molecule has 7 nitrogen and oxygen atoms in total. The quantitative estimate of drug-likeness (QED) is 0.603. The van der Waals surface area contributed by atoms with Crippen LogP contribution in [0.5, 0.6) is 0 Å². The molecule has 1 heterocycles. The number of nitrogens with one attached hydrogen (secondary N) is 1. The van der Waals surface area contributed by atoms with E-state index in [-0.39, 0.29) is 18.2 Å². The normalized spacial score (nSPS) is 13.7. The van der Waals surface area contributed by atoms with Crippen molar-refractivity contribution in [3.05, 3.63) is 71.8 Å². The summed E-state index contributed by atoms with van der Waals surface area (Å²) in [6.07, 6.45) is -1.07. The first kappa shape index (κ1) is 20.0. The maximum atomic E-state index is 12.4. The molecule has 0 spiro atoms. The highest BCUT2D eigenvalue weighted by atomic mass is 16.5. The molecule has 1 aliphatic rings. The molecular weight excluding hydrogens is 372 g/mol. The minimum atomic E-state index is -1.07. The third kappa shape index (κ3) is 4.24. The van der Waals surface area contributed by atoms with Crippen molar-refractivity contribution in [3.8, 4) is 0 Å². The summed E-state index contributed by atoms with van der Waals surface area (Å²) < 4.78 is 5.16. The van der Waals surface area contributed by atoms with Crippen molar-refractivity contribution in [2.24, 2.45) is 0 Å². The smallest absolute Gasteiger partial charge is 0.326 e. The minimum absolute atomic E-state index is 0.0784. The summed E-state index contributed by atoms with van der Waals surface area (Å²) in [6.45, 7) is 6.42. The molecule has 0 saturated carbocycles. The number of anilines is 1. The van der Waals surface area contributed by atoms with Crippen molar-refractivity contribution < 1.29 is 23.9 Å². The third-order valence-electron chi connectivity index (χ3n) is 4.56. The molecule has 2 aromatic carbocycles. The largest absolute Gasteiger partial charge is 0.451 e. The zero-order chi connectivity index (χ0) is 21.1. The summed E-state index contributed by atoms with van der Waals surface area (Å²) in [6, 6.07) is 13.3. The van der Waals surface area contributed by atoms with Crippen molar-refractivity contribution in [2.45, 2.75) is 20.0 Å². The van der Waals surface area contributed by atoms with Crippen LogP contribution in [-0.2, 0) is 14.3 Å². The van der Waals surface area contributed by atoms with Crippen LogP contribution >= 0.6 is 0 Å². The van der Waals surface area contributed by atoms with E-state index in [1.165, 1.54) is 18.7 Å². The van der Waals surface area contributed by atoms with Crippen LogP contribution in [0.25, 0.3) is 5.70 Å². The molecule has 2 aromatic rings. The Kier molecular flexibility index (Phi) is 5.59. The van der Waals surface area contributed by atoms with Crippen molar-refractivity contribution in [2.75, 3.05) is 11.9 Å². The predicted octanol–water partition coefficient (Wildman–Crippen LogP) is 2.89. The number of amides is 2. The van der Waals surface area contributed by atoms with Gasteiger partial charge in [-0.25, -0.2) is 0 Å². The number of fused-ring (bicyclic) bond motifs is 1. The van der Waals surface area contributed by atoms with Gasteiger partial charge in [0.2, 0.25) is 0 Å². The number of carbonyl (C=O) groups excluding carboxylic acids is 4. The topological polar surface area (TPSA) is 92.8 Å². The van der Waals surface area contributed by atoms with Crippen molar-refractivity contribution in [1.29, 1.82) is 0 Å². The molecule has 2 amide bonds. The highest BCUT2D eigenvalue weighted by Crippen LogP contribution is 2.30. The zero-order valence-electron chi connectivity index (χ0n) is 16.1. The van der Waals surface area contributed by atoms with Crippen LogP contribution in [0.15, 0.2) is 55.1 Å². The predicted molar refractivity (Wildman–Crippen MR) is 107 cm³/mol. The van der Waals surface area contributed by atoms with Crippen molar-refractivity contribution in [3.63, 3.8) is 0 Å². The summed E-state index contributed by atoms with van der Waals surface area (Å²) in [7, 11) is 0. The average Bonchev–Trinajstić information content (AvgIpc) is 2.93. The van der Waals surface area contributed by atoms with Crippen LogP contribution in [-0.4, -0.2) is 41.1 Å². The molecule has 0 fully saturated rings. The maximum Gasteiger partial charge on any atom is 0.326 e. The van der Waals surface area contributed by atoms with Crippen LogP contribution in [0.4, 0.5) is 5.69 Å². The Morgan fingerprint density at radius 3 is 2.28 bits per heavy atom. The number of nitrogens with zero attached hydrogens (tertiary/aromatic N) is 1. The van der Waals surface area contributed by atoms with Gasteiger partial charge in [0.25, 0.3) is 11.8 Å². The van der Waals surface area contributed by atoms with Crippen LogP contribution < -0.4 is 5.32 Å². The monoisotopic (exact) mass is 392 g/mol. The SMILES string of the molecule is C=C1c2ccccc2C(=O)N1CC(=O)OC(C)C(=O)Nc1ccc(C(C)=O)cc1.